The molecule has 4 nitrogen and oxygen atoms in total. The SMILES string of the molecule is Cl.O=C(NCc1cccc2ccccc12)C1(N2CCN(Cc3cccc4ccccc34)CC2)Cc2ccccc2C1. The molecule has 0 saturated carbocycles. The molecule has 1 fully saturated rings. The van der Waals surface area contributed by atoms with E-state index in [1.807, 2.05) is 0 Å². The zero-order valence-electron chi connectivity index (χ0n) is 23.3. The molecule has 0 bridgehead atoms. The third-order valence-electron chi connectivity index (χ3n) is 9.08. The van der Waals surface area contributed by atoms with E-state index in [2.05, 4.69) is 124 Å². The minimum absolute atomic E-state index is 0. The van der Waals surface area contributed by atoms with Crippen LogP contribution in [0.25, 0.3) is 21.5 Å². The maximum atomic E-state index is 14.2. The molecule has 1 aliphatic heterocycles. The van der Waals surface area contributed by atoms with Crippen LogP contribution < -0.4 is 5.32 Å². The van der Waals surface area contributed by atoms with Crippen LogP contribution in [0.3, 0.4) is 0 Å². The maximum Gasteiger partial charge on any atom is 0.241 e. The standard InChI is InChI=1S/C36H35N3O.ClH/c40-35(37-25-31-15-7-13-27-9-3-5-17-33(27)31)36(23-29-11-1-2-12-30(29)24-36)39-21-19-38(20-22-39)26-32-16-8-14-28-10-4-6-18-34(28)32;/h1-18H,19-26H2,(H,37,40);1H. The summed E-state index contributed by atoms with van der Waals surface area (Å²) in [7, 11) is 0. The summed E-state index contributed by atoms with van der Waals surface area (Å²) in [5, 5.41) is 8.43. The maximum absolute atomic E-state index is 14.2. The molecule has 5 aromatic rings. The number of hydrogen-bond acceptors (Lipinski definition) is 3. The molecule has 0 unspecified atom stereocenters. The number of nitrogens with zero attached hydrogens (tertiary/aromatic N) is 2. The van der Waals surface area contributed by atoms with Crippen molar-refractivity contribution in [2.24, 2.45) is 0 Å². The molecule has 1 heterocycles. The highest BCUT2D eigenvalue weighted by Crippen LogP contribution is 2.36. The Hall–Kier alpha value is -3.70. The molecule has 0 aromatic heterocycles. The molecular weight excluding hydrogens is 526 g/mol. The van der Waals surface area contributed by atoms with Gasteiger partial charge in [0.1, 0.15) is 5.54 Å². The topological polar surface area (TPSA) is 35.6 Å². The zero-order valence-corrected chi connectivity index (χ0v) is 24.1. The van der Waals surface area contributed by atoms with Crippen molar-refractivity contribution in [3.05, 3.63) is 131 Å². The summed E-state index contributed by atoms with van der Waals surface area (Å²) in [5.41, 5.74) is 4.61. The van der Waals surface area contributed by atoms with Gasteiger partial charge in [-0.15, -0.1) is 12.4 Å². The van der Waals surface area contributed by atoms with Crippen molar-refractivity contribution in [1.82, 2.24) is 15.1 Å². The first-order valence-corrected chi connectivity index (χ1v) is 14.5. The quantitative estimate of drug-likeness (QED) is 0.261. The van der Waals surface area contributed by atoms with Crippen LogP contribution in [0.4, 0.5) is 0 Å². The Balaban J connectivity index is 0.00000302. The summed E-state index contributed by atoms with van der Waals surface area (Å²) in [6.45, 7) is 5.17. The summed E-state index contributed by atoms with van der Waals surface area (Å²) in [5.74, 6) is 0.152. The smallest absolute Gasteiger partial charge is 0.241 e. The van der Waals surface area contributed by atoms with Crippen LogP contribution >= 0.6 is 12.4 Å². The van der Waals surface area contributed by atoms with Gasteiger partial charge in [-0.2, -0.15) is 0 Å². The summed E-state index contributed by atoms with van der Waals surface area (Å²) in [6.07, 6.45) is 1.54. The molecule has 5 aromatic carbocycles. The van der Waals surface area contributed by atoms with Crippen molar-refractivity contribution in [2.75, 3.05) is 26.2 Å². The van der Waals surface area contributed by atoms with Crippen LogP contribution in [0.2, 0.25) is 0 Å². The molecule has 1 N–H and O–H groups in total. The molecule has 0 radical (unpaired) electrons. The van der Waals surface area contributed by atoms with Gasteiger partial charge in [-0.3, -0.25) is 14.6 Å². The highest BCUT2D eigenvalue weighted by atomic mass is 35.5. The van der Waals surface area contributed by atoms with Gasteiger partial charge in [0.05, 0.1) is 0 Å². The lowest BCUT2D eigenvalue weighted by atomic mass is 9.90. The number of amides is 1. The van der Waals surface area contributed by atoms with E-state index in [4.69, 9.17) is 0 Å². The average Bonchev–Trinajstić information content (AvgIpc) is 3.41. The Labute approximate surface area is 248 Å². The number of piperazine rings is 1. The van der Waals surface area contributed by atoms with E-state index in [9.17, 15) is 4.79 Å². The Morgan fingerprint density at radius 2 is 1.15 bits per heavy atom. The van der Waals surface area contributed by atoms with E-state index in [0.717, 1.165) is 51.1 Å². The van der Waals surface area contributed by atoms with Crippen LogP contribution in [0.1, 0.15) is 22.3 Å². The first kappa shape index (κ1) is 27.5. The first-order chi connectivity index (χ1) is 19.7. The minimum atomic E-state index is -0.542. The molecule has 0 atom stereocenters. The van der Waals surface area contributed by atoms with Crippen molar-refractivity contribution >= 4 is 39.9 Å². The minimum Gasteiger partial charge on any atom is -0.350 e. The van der Waals surface area contributed by atoms with Crippen molar-refractivity contribution in [3.8, 4) is 0 Å². The van der Waals surface area contributed by atoms with Gasteiger partial charge >= 0.3 is 0 Å². The fourth-order valence-corrected chi connectivity index (χ4v) is 6.91. The fraction of sp³-hybridized carbons (Fsp3) is 0.250. The number of carbonyl (C=O) groups is 1. The van der Waals surface area contributed by atoms with Crippen LogP contribution in [-0.4, -0.2) is 47.4 Å². The monoisotopic (exact) mass is 561 g/mol. The lowest BCUT2D eigenvalue weighted by Gasteiger charge is -2.45. The van der Waals surface area contributed by atoms with Gasteiger partial charge < -0.3 is 5.32 Å². The van der Waals surface area contributed by atoms with Crippen LogP contribution in [0.15, 0.2) is 109 Å². The number of fused-ring (bicyclic) bond motifs is 3. The van der Waals surface area contributed by atoms with Crippen molar-refractivity contribution in [2.45, 2.75) is 31.5 Å². The Morgan fingerprint density at radius 1 is 0.634 bits per heavy atom. The van der Waals surface area contributed by atoms with E-state index in [0.29, 0.717) is 6.54 Å². The lowest BCUT2D eigenvalue weighted by molar-refractivity contribution is -0.135. The van der Waals surface area contributed by atoms with E-state index < -0.39 is 5.54 Å². The van der Waals surface area contributed by atoms with Crippen molar-refractivity contribution < 1.29 is 4.79 Å². The van der Waals surface area contributed by atoms with Gasteiger partial charge in [-0.1, -0.05) is 109 Å². The summed E-state index contributed by atoms with van der Waals surface area (Å²) < 4.78 is 0. The van der Waals surface area contributed by atoms with Crippen molar-refractivity contribution in [3.63, 3.8) is 0 Å². The van der Waals surface area contributed by atoms with Gasteiger partial charge in [0.25, 0.3) is 0 Å². The molecule has 1 saturated heterocycles. The predicted molar refractivity (Wildman–Crippen MR) is 170 cm³/mol. The van der Waals surface area contributed by atoms with E-state index in [1.165, 1.54) is 38.2 Å². The zero-order chi connectivity index (χ0) is 26.9. The first-order valence-electron chi connectivity index (χ1n) is 14.5. The van der Waals surface area contributed by atoms with Gasteiger partial charge in [0, 0.05) is 52.1 Å². The molecule has 0 spiro atoms. The Morgan fingerprint density at radius 3 is 1.78 bits per heavy atom. The Kier molecular flexibility index (Phi) is 7.81. The van der Waals surface area contributed by atoms with Crippen molar-refractivity contribution in [1.29, 1.82) is 0 Å². The van der Waals surface area contributed by atoms with E-state index in [-0.39, 0.29) is 18.3 Å². The highest BCUT2D eigenvalue weighted by Gasteiger charge is 2.48. The lowest BCUT2D eigenvalue weighted by Crippen LogP contribution is -2.64. The summed E-state index contributed by atoms with van der Waals surface area (Å²) >= 11 is 0. The largest absolute Gasteiger partial charge is 0.350 e. The molecule has 1 amide bonds. The molecule has 41 heavy (non-hydrogen) atoms. The number of rotatable bonds is 6. The second-order valence-electron chi connectivity index (χ2n) is 11.4. The van der Waals surface area contributed by atoms with E-state index in [1.54, 1.807) is 0 Å². The second-order valence-corrected chi connectivity index (χ2v) is 11.4. The number of hydrogen-bond donors (Lipinski definition) is 1. The van der Waals surface area contributed by atoms with Gasteiger partial charge in [0.15, 0.2) is 0 Å². The predicted octanol–water partition coefficient (Wildman–Crippen LogP) is 6.39. The average molecular weight is 562 g/mol. The highest BCUT2D eigenvalue weighted by molar-refractivity contribution is 5.90. The molecule has 1 aliphatic carbocycles. The molecule has 208 valence electrons. The second kappa shape index (κ2) is 11.7. The molecule has 7 rings (SSSR count). The van der Waals surface area contributed by atoms with Gasteiger partial charge in [0.2, 0.25) is 5.91 Å². The number of nitrogens with one attached hydrogen (secondary N) is 1. The fourth-order valence-electron chi connectivity index (χ4n) is 6.91. The van der Waals surface area contributed by atoms with Crippen LogP contribution in [0.5, 0.6) is 0 Å². The van der Waals surface area contributed by atoms with Gasteiger partial charge in [-0.25, -0.2) is 0 Å². The number of carbonyl (C=O) groups excluding carboxylic acids is 1. The van der Waals surface area contributed by atoms with Crippen LogP contribution in [0, 0.1) is 0 Å². The number of benzene rings is 5. The number of halogens is 1. The normalized spacial score (nSPS) is 16.8. The molecule has 2 aliphatic rings. The summed E-state index contributed by atoms with van der Waals surface area (Å²) in [4.78, 5) is 19.2. The third-order valence-corrected chi connectivity index (χ3v) is 9.08. The van der Waals surface area contributed by atoms with Crippen LogP contribution in [-0.2, 0) is 30.7 Å². The molecule has 5 heteroatoms. The summed E-state index contributed by atoms with van der Waals surface area (Å²) in [6, 6.07) is 38.6. The van der Waals surface area contributed by atoms with Gasteiger partial charge in [-0.05, 0) is 43.8 Å². The molecular formula is C36H36ClN3O. The Bertz CT molecular complexity index is 1660. The van der Waals surface area contributed by atoms with E-state index >= 15 is 0 Å². The third kappa shape index (κ3) is 5.24.